The number of anilines is 2. The van der Waals surface area contributed by atoms with Crippen LogP contribution < -0.4 is 15.8 Å². The number of carbonyl (C=O) groups is 1. The fourth-order valence-corrected chi connectivity index (χ4v) is 3.57. The molecule has 1 saturated carbocycles. The summed E-state index contributed by atoms with van der Waals surface area (Å²) < 4.78 is 25.8. The van der Waals surface area contributed by atoms with E-state index in [9.17, 15) is 13.2 Å². The number of amides is 1. The maximum atomic E-state index is 12.1. The molecule has 0 aromatic heterocycles. The van der Waals surface area contributed by atoms with Gasteiger partial charge in [0.1, 0.15) is 0 Å². The van der Waals surface area contributed by atoms with E-state index in [0.29, 0.717) is 17.8 Å². The monoisotopic (exact) mass is 375 g/mol. The summed E-state index contributed by atoms with van der Waals surface area (Å²) in [5, 5.41) is 2.86. The van der Waals surface area contributed by atoms with E-state index in [4.69, 9.17) is 5.73 Å². The number of nitrogens with one attached hydrogen (secondary N) is 2. The zero-order chi connectivity index (χ0) is 17.0. The highest BCUT2D eigenvalue weighted by Crippen LogP contribution is 2.27. The van der Waals surface area contributed by atoms with E-state index in [0.717, 1.165) is 24.8 Å². The quantitative estimate of drug-likeness (QED) is 0.711. The number of carbonyl (C=O) groups excluding carboxylic acids is 1. The van der Waals surface area contributed by atoms with Gasteiger partial charge in [0.2, 0.25) is 15.9 Å². The van der Waals surface area contributed by atoms with Crippen LogP contribution in [0.5, 0.6) is 0 Å². The minimum absolute atomic E-state index is 0. The Morgan fingerprint density at radius 3 is 2.58 bits per heavy atom. The maximum absolute atomic E-state index is 12.1. The van der Waals surface area contributed by atoms with Crippen LogP contribution in [-0.2, 0) is 14.8 Å². The van der Waals surface area contributed by atoms with E-state index >= 15 is 0 Å². The van der Waals surface area contributed by atoms with Crippen LogP contribution in [0, 0.1) is 12.8 Å². The van der Waals surface area contributed by atoms with Gasteiger partial charge in [-0.05, 0) is 56.4 Å². The molecule has 6 nitrogen and oxygen atoms in total. The predicted octanol–water partition coefficient (Wildman–Crippen LogP) is 2.63. The average molecular weight is 376 g/mol. The molecule has 4 N–H and O–H groups in total. The molecule has 2 atom stereocenters. The summed E-state index contributed by atoms with van der Waals surface area (Å²) in [7, 11) is -3.30. The molecule has 0 unspecified atom stereocenters. The molecule has 8 heteroatoms. The third kappa shape index (κ3) is 5.65. The van der Waals surface area contributed by atoms with Gasteiger partial charge in [-0.3, -0.25) is 9.52 Å². The van der Waals surface area contributed by atoms with Crippen molar-refractivity contribution in [3.05, 3.63) is 23.8 Å². The second kappa shape index (κ2) is 8.69. The molecule has 24 heavy (non-hydrogen) atoms. The van der Waals surface area contributed by atoms with Crippen LogP contribution in [0.2, 0.25) is 0 Å². The largest absolute Gasteiger partial charge is 0.327 e. The molecule has 136 valence electrons. The minimum Gasteiger partial charge on any atom is -0.327 e. The number of nitrogens with two attached hydrogens (primary N) is 1. The number of hydrogen-bond donors (Lipinski definition) is 3. The van der Waals surface area contributed by atoms with E-state index in [2.05, 4.69) is 10.0 Å². The van der Waals surface area contributed by atoms with Crippen molar-refractivity contribution in [1.82, 2.24) is 0 Å². The summed E-state index contributed by atoms with van der Waals surface area (Å²) in [5.74, 6) is 0.229. The number of benzene rings is 1. The van der Waals surface area contributed by atoms with Gasteiger partial charge in [0.25, 0.3) is 0 Å². The number of aryl methyl sites for hydroxylation is 1. The van der Waals surface area contributed by atoms with Crippen molar-refractivity contribution in [3.8, 4) is 0 Å². The van der Waals surface area contributed by atoms with Gasteiger partial charge in [-0.25, -0.2) is 8.42 Å². The lowest BCUT2D eigenvalue weighted by Crippen LogP contribution is -2.28. The van der Waals surface area contributed by atoms with Crippen LogP contribution >= 0.6 is 12.4 Å². The van der Waals surface area contributed by atoms with E-state index in [1.165, 1.54) is 0 Å². The number of rotatable bonds is 6. The van der Waals surface area contributed by atoms with E-state index < -0.39 is 10.0 Å². The second-order valence-corrected chi connectivity index (χ2v) is 8.15. The van der Waals surface area contributed by atoms with Gasteiger partial charge in [-0.2, -0.15) is 0 Å². The first-order valence-corrected chi connectivity index (χ1v) is 9.62. The Labute approximate surface area is 150 Å². The first-order chi connectivity index (χ1) is 10.8. The zero-order valence-corrected chi connectivity index (χ0v) is 15.7. The van der Waals surface area contributed by atoms with Crippen molar-refractivity contribution < 1.29 is 13.2 Å². The highest BCUT2D eigenvalue weighted by molar-refractivity contribution is 7.92. The van der Waals surface area contributed by atoms with Gasteiger partial charge in [0.15, 0.2) is 0 Å². The Morgan fingerprint density at radius 2 is 2.04 bits per heavy atom. The summed E-state index contributed by atoms with van der Waals surface area (Å²) in [6.45, 7) is 3.38. The summed E-state index contributed by atoms with van der Waals surface area (Å²) >= 11 is 0. The Hall–Kier alpha value is -1.31. The molecule has 1 aromatic carbocycles. The zero-order valence-electron chi connectivity index (χ0n) is 14.0. The smallest absolute Gasteiger partial charge is 0.232 e. The van der Waals surface area contributed by atoms with Gasteiger partial charge in [-0.1, -0.05) is 6.42 Å². The van der Waals surface area contributed by atoms with Crippen molar-refractivity contribution in [2.75, 3.05) is 15.8 Å². The van der Waals surface area contributed by atoms with E-state index in [1.54, 1.807) is 32.0 Å². The number of hydrogen-bond acceptors (Lipinski definition) is 4. The van der Waals surface area contributed by atoms with Crippen molar-refractivity contribution in [1.29, 1.82) is 0 Å². The normalized spacial score (nSPS) is 20.3. The molecule has 2 rings (SSSR count). The molecule has 0 bridgehead atoms. The van der Waals surface area contributed by atoms with Crippen LogP contribution in [0.3, 0.4) is 0 Å². The van der Waals surface area contributed by atoms with Crippen LogP contribution in [-0.4, -0.2) is 26.1 Å². The molecular formula is C16H26ClN3O3S. The van der Waals surface area contributed by atoms with Crippen LogP contribution in [0.25, 0.3) is 0 Å². The first kappa shape index (κ1) is 20.7. The van der Waals surface area contributed by atoms with Gasteiger partial charge in [0, 0.05) is 18.2 Å². The third-order valence-electron chi connectivity index (χ3n) is 4.32. The Bertz CT molecular complexity index is 679. The molecular weight excluding hydrogens is 350 g/mol. The van der Waals surface area contributed by atoms with Crippen molar-refractivity contribution >= 4 is 39.7 Å². The summed E-state index contributed by atoms with van der Waals surface area (Å²) in [5.41, 5.74) is 7.95. The molecule has 0 radical (unpaired) electrons. The minimum atomic E-state index is -3.30. The standard InChI is InChI=1S/C16H25N3O3S.ClH/c1-3-23(21,22)19-15-8-7-13(9-11(15)2)18-16(20)10-12-5-4-6-14(12)17;/h7-9,12,14,19H,3-6,10,17H2,1-2H3,(H,18,20);1H/t12-,14+;/m0./s1. The molecule has 1 amide bonds. The van der Waals surface area contributed by atoms with Crippen LogP contribution in [0.15, 0.2) is 18.2 Å². The molecule has 0 saturated heterocycles. The Balaban J connectivity index is 0.00000288. The number of sulfonamides is 1. The molecule has 0 spiro atoms. The van der Waals surface area contributed by atoms with E-state index in [-0.39, 0.29) is 36.0 Å². The topological polar surface area (TPSA) is 101 Å². The summed E-state index contributed by atoms with van der Waals surface area (Å²) in [6.07, 6.45) is 3.52. The van der Waals surface area contributed by atoms with Crippen molar-refractivity contribution in [2.45, 2.75) is 45.6 Å². The maximum Gasteiger partial charge on any atom is 0.232 e. The highest BCUT2D eigenvalue weighted by Gasteiger charge is 2.26. The molecule has 1 aliphatic carbocycles. The lowest BCUT2D eigenvalue weighted by Gasteiger charge is -2.15. The van der Waals surface area contributed by atoms with Crippen LogP contribution in [0.4, 0.5) is 11.4 Å². The summed E-state index contributed by atoms with van der Waals surface area (Å²) in [6, 6.07) is 5.25. The first-order valence-electron chi connectivity index (χ1n) is 7.97. The van der Waals surface area contributed by atoms with Crippen molar-refractivity contribution in [3.63, 3.8) is 0 Å². The molecule has 1 aliphatic rings. The van der Waals surface area contributed by atoms with E-state index in [1.807, 2.05) is 0 Å². The van der Waals surface area contributed by atoms with Crippen LogP contribution in [0.1, 0.15) is 38.2 Å². The summed E-state index contributed by atoms with van der Waals surface area (Å²) in [4.78, 5) is 12.1. The van der Waals surface area contributed by atoms with Gasteiger partial charge < -0.3 is 11.1 Å². The van der Waals surface area contributed by atoms with Gasteiger partial charge in [0.05, 0.1) is 11.4 Å². The average Bonchev–Trinajstić information content (AvgIpc) is 2.87. The second-order valence-electron chi connectivity index (χ2n) is 6.14. The molecule has 0 aliphatic heterocycles. The predicted molar refractivity (Wildman–Crippen MR) is 100 cm³/mol. The van der Waals surface area contributed by atoms with Gasteiger partial charge >= 0.3 is 0 Å². The number of halogens is 1. The Kier molecular flexibility index (Phi) is 7.51. The highest BCUT2D eigenvalue weighted by atomic mass is 35.5. The van der Waals surface area contributed by atoms with Crippen molar-refractivity contribution in [2.24, 2.45) is 11.7 Å². The van der Waals surface area contributed by atoms with Gasteiger partial charge in [-0.15, -0.1) is 12.4 Å². The fourth-order valence-electron chi connectivity index (χ4n) is 2.86. The molecule has 1 aromatic rings. The third-order valence-corrected chi connectivity index (χ3v) is 5.61. The lowest BCUT2D eigenvalue weighted by atomic mass is 10.00. The Morgan fingerprint density at radius 1 is 1.33 bits per heavy atom. The lowest BCUT2D eigenvalue weighted by molar-refractivity contribution is -0.117. The SMILES string of the molecule is CCS(=O)(=O)Nc1ccc(NC(=O)C[C@@H]2CCC[C@H]2N)cc1C.Cl. The fraction of sp³-hybridized carbons (Fsp3) is 0.562. The molecule has 0 heterocycles. The molecule has 1 fully saturated rings.